The number of ether oxygens (including phenoxy) is 2. The molecule has 11 heteroatoms. The molecule has 0 spiro atoms. The van der Waals surface area contributed by atoms with Crippen LogP contribution in [0.25, 0.3) is 11.0 Å². The zero-order chi connectivity index (χ0) is 26.6. The van der Waals surface area contributed by atoms with Crippen LogP contribution in [-0.4, -0.2) is 50.9 Å². The summed E-state index contributed by atoms with van der Waals surface area (Å²) >= 11 is 0. The van der Waals surface area contributed by atoms with E-state index in [4.69, 9.17) is 9.47 Å². The van der Waals surface area contributed by atoms with Crippen LogP contribution < -0.4 is 20.7 Å². The van der Waals surface area contributed by atoms with Crippen LogP contribution in [0.2, 0.25) is 0 Å². The van der Waals surface area contributed by atoms with Gasteiger partial charge in [0.1, 0.15) is 17.9 Å². The normalized spacial score (nSPS) is 11.3. The number of imide groups is 1. The molecule has 3 amide bonds. The molecule has 1 aromatic carbocycles. The molecule has 2 aromatic heterocycles. The van der Waals surface area contributed by atoms with Gasteiger partial charge in [-0.1, -0.05) is 6.07 Å². The zero-order valence-corrected chi connectivity index (χ0v) is 21.6. The third kappa shape index (κ3) is 6.71. The number of carbonyl (C=O) groups is 3. The summed E-state index contributed by atoms with van der Waals surface area (Å²) in [5.41, 5.74) is 1.32. The van der Waals surface area contributed by atoms with Gasteiger partial charge in [0.25, 0.3) is 5.91 Å². The number of aryl methyl sites for hydroxylation is 2. The van der Waals surface area contributed by atoms with Crippen molar-refractivity contribution in [2.24, 2.45) is 7.05 Å². The molecule has 0 unspecified atom stereocenters. The van der Waals surface area contributed by atoms with Crippen LogP contribution in [0.15, 0.2) is 30.5 Å². The summed E-state index contributed by atoms with van der Waals surface area (Å²) in [6.45, 7) is 10.7. The first kappa shape index (κ1) is 26.5. The van der Waals surface area contributed by atoms with Crippen LogP contribution in [0.1, 0.15) is 50.7 Å². The zero-order valence-electron chi connectivity index (χ0n) is 21.6. The first-order valence-corrected chi connectivity index (χ1v) is 11.5. The van der Waals surface area contributed by atoms with Gasteiger partial charge in [-0.2, -0.15) is 5.10 Å². The Balaban J connectivity index is 1.82. The highest BCUT2D eigenvalue weighted by molar-refractivity contribution is 6.13. The Kier molecular flexibility index (Phi) is 7.81. The molecule has 3 N–H and O–H groups in total. The van der Waals surface area contributed by atoms with Gasteiger partial charge in [0.05, 0.1) is 28.4 Å². The van der Waals surface area contributed by atoms with Gasteiger partial charge in [-0.15, -0.1) is 0 Å². The molecule has 0 saturated heterocycles. The largest absolute Gasteiger partial charge is 0.491 e. The van der Waals surface area contributed by atoms with Gasteiger partial charge in [0.2, 0.25) is 0 Å². The van der Waals surface area contributed by atoms with Crippen LogP contribution in [-0.2, 0) is 16.6 Å². The fourth-order valence-electron chi connectivity index (χ4n) is 3.56. The Morgan fingerprint density at radius 3 is 2.56 bits per heavy atom. The summed E-state index contributed by atoms with van der Waals surface area (Å²) in [7, 11) is 1.73. The van der Waals surface area contributed by atoms with E-state index < -0.39 is 23.5 Å². The van der Waals surface area contributed by atoms with Crippen molar-refractivity contribution in [2.45, 2.75) is 53.2 Å². The van der Waals surface area contributed by atoms with Crippen LogP contribution >= 0.6 is 0 Å². The summed E-state index contributed by atoms with van der Waals surface area (Å²) in [5, 5.41) is 12.8. The minimum atomic E-state index is -0.734. The quantitative estimate of drug-likeness (QED) is 0.421. The molecule has 3 aromatic rings. The van der Waals surface area contributed by atoms with Crippen molar-refractivity contribution in [3.05, 3.63) is 41.7 Å². The van der Waals surface area contributed by atoms with Gasteiger partial charge in [-0.05, 0) is 53.7 Å². The van der Waals surface area contributed by atoms with Crippen LogP contribution in [0, 0.1) is 6.92 Å². The number of benzene rings is 1. The number of urea groups is 1. The van der Waals surface area contributed by atoms with E-state index in [9.17, 15) is 14.4 Å². The highest BCUT2D eigenvalue weighted by Crippen LogP contribution is 2.28. The summed E-state index contributed by atoms with van der Waals surface area (Å²) in [6.07, 6.45) is 1.31. The molecule has 0 bridgehead atoms. The number of esters is 1. The van der Waals surface area contributed by atoms with E-state index in [0.717, 1.165) is 0 Å². The summed E-state index contributed by atoms with van der Waals surface area (Å²) in [6, 6.07) is 6.11. The summed E-state index contributed by atoms with van der Waals surface area (Å²) < 4.78 is 12.6. The van der Waals surface area contributed by atoms with E-state index in [1.54, 1.807) is 63.7 Å². The second-order valence-electron chi connectivity index (χ2n) is 9.50. The molecule has 0 atom stereocenters. The first-order valence-electron chi connectivity index (χ1n) is 11.5. The lowest BCUT2D eigenvalue weighted by atomic mass is 10.1. The summed E-state index contributed by atoms with van der Waals surface area (Å²) in [4.78, 5) is 42.3. The predicted molar refractivity (Wildman–Crippen MR) is 136 cm³/mol. The van der Waals surface area contributed by atoms with Crippen molar-refractivity contribution in [3.63, 3.8) is 0 Å². The number of nitrogens with one attached hydrogen (secondary N) is 3. The van der Waals surface area contributed by atoms with E-state index in [0.29, 0.717) is 33.9 Å². The molecular weight excluding hydrogens is 464 g/mol. The Hall–Kier alpha value is -4.15. The van der Waals surface area contributed by atoms with Crippen molar-refractivity contribution in [2.75, 3.05) is 17.2 Å². The molecular formula is C25H32N6O5. The molecule has 192 valence electrons. The lowest BCUT2D eigenvalue weighted by Gasteiger charge is -2.20. The molecule has 36 heavy (non-hydrogen) atoms. The van der Waals surface area contributed by atoms with E-state index in [1.807, 2.05) is 13.8 Å². The topological polar surface area (TPSA) is 136 Å². The number of aromatic nitrogens is 3. The van der Waals surface area contributed by atoms with Crippen molar-refractivity contribution >= 4 is 40.3 Å². The number of pyridine rings is 1. The van der Waals surface area contributed by atoms with Crippen molar-refractivity contribution < 1.29 is 23.9 Å². The molecule has 0 radical (unpaired) electrons. The standard InChI is InChI=1S/C25H32N6O5/c1-14(2)35-17-10-8-9-16(11-17)28-24(34)29-23(33)18-12-27-22-20(15(3)30-31(22)7)21(18)26-13-19(32)36-25(4,5)6/h8-12,14H,13H2,1-7H3,(H,26,27)(H2,28,29,33,34). The van der Waals surface area contributed by atoms with E-state index in [1.165, 1.54) is 6.20 Å². The smallest absolute Gasteiger partial charge is 0.326 e. The average molecular weight is 497 g/mol. The Morgan fingerprint density at radius 2 is 1.89 bits per heavy atom. The van der Waals surface area contributed by atoms with Crippen molar-refractivity contribution in [1.82, 2.24) is 20.1 Å². The first-order chi connectivity index (χ1) is 16.8. The van der Waals surface area contributed by atoms with Gasteiger partial charge >= 0.3 is 12.0 Å². The Labute approximate surface area is 209 Å². The van der Waals surface area contributed by atoms with Gasteiger partial charge in [0.15, 0.2) is 5.65 Å². The van der Waals surface area contributed by atoms with Crippen LogP contribution in [0.4, 0.5) is 16.2 Å². The third-order valence-corrected chi connectivity index (χ3v) is 4.79. The van der Waals surface area contributed by atoms with Crippen molar-refractivity contribution in [3.8, 4) is 5.75 Å². The minimum Gasteiger partial charge on any atom is -0.491 e. The van der Waals surface area contributed by atoms with Crippen LogP contribution in [0.3, 0.4) is 0 Å². The fraction of sp³-hybridized carbons (Fsp3) is 0.400. The highest BCUT2D eigenvalue weighted by atomic mass is 16.6. The second kappa shape index (κ2) is 10.6. The number of hydrogen-bond acceptors (Lipinski definition) is 8. The molecule has 2 heterocycles. The summed E-state index contributed by atoms with van der Waals surface area (Å²) in [5.74, 6) is -0.613. The van der Waals surface area contributed by atoms with E-state index >= 15 is 0 Å². The molecule has 0 aliphatic heterocycles. The highest BCUT2D eigenvalue weighted by Gasteiger charge is 2.23. The fourth-order valence-corrected chi connectivity index (χ4v) is 3.56. The molecule has 0 aliphatic carbocycles. The Bertz CT molecular complexity index is 1290. The number of amides is 3. The SMILES string of the molecule is Cc1nn(C)c2ncc(C(=O)NC(=O)Nc3cccc(OC(C)C)c3)c(NCC(=O)OC(C)(C)C)c12. The molecule has 0 fully saturated rings. The van der Waals surface area contributed by atoms with Gasteiger partial charge in [0, 0.05) is 25.0 Å². The van der Waals surface area contributed by atoms with Crippen LogP contribution in [0.5, 0.6) is 5.75 Å². The number of nitrogens with zero attached hydrogens (tertiary/aromatic N) is 3. The number of fused-ring (bicyclic) bond motifs is 1. The molecule has 3 rings (SSSR count). The van der Waals surface area contributed by atoms with Crippen molar-refractivity contribution in [1.29, 1.82) is 0 Å². The van der Waals surface area contributed by atoms with Gasteiger partial charge in [-0.3, -0.25) is 19.6 Å². The Morgan fingerprint density at radius 1 is 1.17 bits per heavy atom. The maximum absolute atomic E-state index is 13.1. The van der Waals surface area contributed by atoms with E-state index in [-0.39, 0.29) is 18.2 Å². The van der Waals surface area contributed by atoms with Gasteiger partial charge < -0.3 is 20.1 Å². The number of anilines is 2. The lowest BCUT2D eigenvalue weighted by Crippen LogP contribution is -2.35. The monoisotopic (exact) mass is 496 g/mol. The molecule has 0 aliphatic rings. The maximum atomic E-state index is 13.1. The molecule has 11 nitrogen and oxygen atoms in total. The number of carbonyl (C=O) groups excluding carboxylic acids is 3. The van der Waals surface area contributed by atoms with Gasteiger partial charge in [-0.25, -0.2) is 9.78 Å². The third-order valence-electron chi connectivity index (χ3n) is 4.79. The van der Waals surface area contributed by atoms with E-state index in [2.05, 4.69) is 26.0 Å². The minimum absolute atomic E-state index is 0.0272. The second-order valence-corrected chi connectivity index (χ2v) is 9.50. The maximum Gasteiger partial charge on any atom is 0.326 e. The lowest BCUT2D eigenvalue weighted by molar-refractivity contribution is -0.152. The number of rotatable bonds is 7. The molecule has 0 saturated carbocycles. The average Bonchev–Trinajstić information content (AvgIpc) is 3.04. The number of hydrogen-bond donors (Lipinski definition) is 3. The predicted octanol–water partition coefficient (Wildman–Crippen LogP) is 3.78.